The molecule has 4 fully saturated rings. The fraction of sp³-hybridized carbons (Fsp3) is 0.826. The topological polar surface area (TPSA) is 60.4 Å². The Morgan fingerprint density at radius 3 is 2.46 bits per heavy atom. The number of hydrogen-bond acceptors (Lipinski definition) is 4. The average molecular weight is 405 g/mol. The molecular formula is C23H32O4S. The first-order chi connectivity index (χ1) is 13.2. The van der Waals surface area contributed by atoms with Crippen molar-refractivity contribution in [2.75, 3.05) is 6.26 Å². The van der Waals surface area contributed by atoms with Crippen molar-refractivity contribution in [3.05, 3.63) is 11.6 Å². The molecule has 1 saturated heterocycles. The van der Waals surface area contributed by atoms with Crippen LogP contribution in [0.3, 0.4) is 0 Å². The molecule has 4 nitrogen and oxygen atoms in total. The molecule has 1 heterocycles. The maximum atomic E-state index is 12.9. The van der Waals surface area contributed by atoms with Crippen LogP contribution >= 0.6 is 0 Å². The molecule has 5 heteroatoms. The van der Waals surface area contributed by atoms with Gasteiger partial charge < -0.3 is 4.74 Å². The first kappa shape index (κ1) is 19.0. The second kappa shape index (κ2) is 6.02. The summed E-state index contributed by atoms with van der Waals surface area (Å²) in [5, 5.41) is 0.118. The maximum Gasteiger partial charge on any atom is 0.306 e. The lowest BCUT2D eigenvalue weighted by Crippen LogP contribution is -2.58. The predicted molar refractivity (Wildman–Crippen MR) is 108 cm³/mol. The number of ether oxygens (including phenoxy) is 1. The molecule has 4 unspecified atom stereocenters. The van der Waals surface area contributed by atoms with E-state index in [-0.39, 0.29) is 33.4 Å². The van der Waals surface area contributed by atoms with E-state index < -0.39 is 10.8 Å². The van der Waals surface area contributed by atoms with E-state index >= 15 is 0 Å². The van der Waals surface area contributed by atoms with E-state index in [4.69, 9.17) is 4.74 Å². The fourth-order valence-electron chi connectivity index (χ4n) is 8.13. The highest BCUT2D eigenvalue weighted by Crippen LogP contribution is 2.70. The van der Waals surface area contributed by atoms with Crippen molar-refractivity contribution in [2.45, 2.75) is 82.5 Å². The molecule has 0 aromatic carbocycles. The molecule has 154 valence electrons. The van der Waals surface area contributed by atoms with E-state index in [1.54, 1.807) is 0 Å². The largest absolute Gasteiger partial charge is 0.458 e. The molecule has 1 aliphatic heterocycles. The van der Waals surface area contributed by atoms with Crippen LogP contribution < -0.4 is 0 Å². The minimum absolute atomic E-state index is 0.0000104. The van der Waals surface area contributed by atoms with Gasteiger partial charge in [-0.3, -0.25) is 13.8 Å². The molecule has 5 aliphatic rings. The second-order valence-electron chi connectivity index (χ2n) is 10.5. The Morgan fingerprint density at radius 1 is 1.04 bits per heavy atom. The number of carbonyl (C=O) groups excluding carboxylic acids is 2. The van der Waals surface area contributed by atoms with E-state index in [9.17, 15) is 13.8 Å². The third-order valence-electron chi connectivity index (χ3n) is 9.72. The normalized spacial score (nSPS) is 51.2. The molecule has 0 N–H and O–H groups in total. The molecule has 0 radical (unpaired) electrons. The van der Waals surface area contributed by atoms with Crippen LogP contribution in [0.2, 0.25) is 0 Å². The van der Waals surface area contributed by atoms with Gasteiger partial charge in [0.1, 0.15) is 5.60 Å². The third-order valence-corrected chi connectivity index (χ3v) is 11.1. The van der Waals surface area contributed by atoms with E-state index in [1.807, 2.05) is 12.3 Å². The van der Waals surface area contributed by atoms with Gasteiger partial charge in [-0.1, -0.05) is 19.4 Å². The lowest BCUT2D eigenvalue weighted by atomic mass is 9.46. The Labute approximate surface area is 170 Å². The average Bonchev–Trinajstić information content (AvgIpc) is 3.16. The Kier molecular flexibility index (Phi) is 4.09. The zero-order valence-corrected chi connectivity index (χ0v) is 18.1. The molecule has 8 atom stereocenters. The van der Waals surface area contributed by atoms with Crippen LogP contribution in [0.4, 0.5) is 0 Å². The van der Waals surface area contributed by atoms with Gasteiger partial charge in [0.2, 0.25) is 0 Å². The first-order valence-electron chi connectivity index (χ1n) is 11.0. The van der Waals surface area contributed by atoms with Gasteiger partial charge in [-0.15, -0.1) is 0 Å². The number of allylic oxidation sites excluding steroid dienone is 1. The summed E-state index contributed by atoms with van der Waals surface area (Å²) in [6.45, 7) is 4.72. The van der Waals surface area contributed by atoms with Crippen molar-refractivity contribution < 1.29 is 18.5 Å². The van der Waals surface area contributed by atoms with E-state index in [0.717, 1.165) is 44.9 Å². The minimum atomic E-state index is -0.923. The summed E-state index contributed by atoms with van der Waals surface area (Å²) in [5.41, 5.74) is 1.03. The van der Waals surface area contributed by atoms with Crippen LogP contribution in [0.15, 0.2) is 11.6 Å². The highest BCUT2D eigenvalue weighted by molar-refractivity contribution is 7.84. The number of esters is 1. The Bertz CT molecular complexity index is 802. The van der Waals surface area contributed by atoms with Gasteiger partial charge in [-0.05, 0) is 74.2 Å². The number of rotatable bonds is 1. The zero-order chi connectivity index (χ0) is 19.9. The van der Waals surface area contributed by atoms with Crippen LogP contribution in [-0.4, -0.2) is 33.1 Å². The summed E-state index contributed by atoms with van der Waals surface area (Å²) in [6.07, 6.45) is 11.7. The minimum Gasteiger partial charge on any atom is -0.458 e. The van der Waals surface area contributed by atoms with Crippen molar-refractivity contribution in [3.8, 4) is 0 Å². The van der Waals surface area contributed by atoms with Gasteiger partial charge in [0, 0.05) is 40.6 Å². The van der Waals surface area contributed by atoms with Crippen LogP contribution in [0.25, 0.3) is 0 Å². The van der Waals surface area contributed by atoms with Gasteiger partial charge in [0.15, 0.2) is 5.78 Å². The fourth-order valence-corrected chi connectivity index (χ4v) is 9.37. The Morgan fingerprint density at radius 2 is 1.79 bits per heavy atom. The molecule has 5 rings (SSSR count). The predicted octanol–water partition coefficient (Wildman–Crippen LogP) is 3.95. The van der Waals surface area contributed by atoms with Gasteiger partial charge in [0.05, 0.1) is 0 Å². The number of hydrogen-bond donors (Lipinski definition) is 0. The Hall–Kier alpha value is -0.970. The highest BCUT2D eigenvalue weighted by Gasteiger charge is 2.68. The molecule has 4 aliphatic carbocycles. The van der Waals surface area contributed by atoms with E-state index in [0.29, 0.717) is 30.6 Å². The summed E-state index contributed by atoms with van der Waals surface area (Å²) in [4.78, 5) is 24.2. The molecule has 0 aromatic rings. The van der Waals surface area contributed by atoms with Crippen LogP contribution in [-0.2, 0) is 25.1 Å². The number of ketones is 1. The monoisotopic (exact) mass is 404 g/mol. The quantitative estimate of drug-likeness (QED) is 0.621. The molecule has 0 bridgehead atoms. The molecular weight excluding hydrogens is 372 g/mol. The van der Waals surface area contributed by atoms with Gasteiger partial charge >= 0.3 is 5.97 Å². The maximum absolute atomic E-state index is 12.9. The van der Waals surface area contributed by atoms with Gasteiger partial charge in [-0.2, -0.15) is 0 Å². The molecule has 28 heavy (non-hydrogen) atoms. The Balaban J connectivity index is 1.57. The summed E-state index contributed by atoms with van der Waals surface area (Å²) in [5.74, 6) is 1.55. The molecule has 0 amide bonds. The summed E-state index contributed by atoms with van der Waals surface area (Å²) in [6, 6.07) is 0. The van der Waals surface area contributed by atoms with Crippen molar-refractivity contribution in [1.82, 2.24) is 0 Å². The third kappa shape index (κ3) is 2.31. The van der Waals surface area contributed by atoms with Crippen molar-refractivity contribution >= 4 is 22.6 Å². The number of fused-ring (bicyclic) bond motifs is 6. The SMILES string of the molecule is CS(=O)[C@@H]1CC2=CC(=O)CCC2(C)C2CC[C@]3(C)[C@@H](CC[C@@]34CCC(=O)O4)C21. The van der Waals surface area contributed by atoms with Crippen molar-refractivity contribution in [2.24, 2.45) is 28.6 Å². The summed E-state index contributed by atoms with van der Waals surface area (Å²) < 4.78 is 18.9. The van der Waals surface area contributed by atoms with E-state index in [1.165, 1.54) is 5.57 Å². The van der Waals surface area contributed by atoms with E-state index in [2.05, 4.69) is 13.8 Å². The highest BCUT2D eigenvalue weighted by atomic mass is 32.2. The lowest BCUT2D eigenvalue weighted by Gasteiger charge is -2.60. The number of carbonyl (C=O) groups is 2. The van der Waals surface area contributed by atoms with Gasteiger partial charge in [-0.25, -0.2) is 0 Å². The van der Waals surface area contributed by atoms with Crippen LogP contribution in [0, 0.1) is 28.6 Å². The second-order valence-corrected chi connectivity index (χ2v) is 12.2. The zero-order valence-electron chi connectivity index (χ0n) is 17.3. The van der Waals surface area contributed by atoms with Crippen LogP contribution in [0.5, 0.6) is 0 Å². The smallest absolute Gasteiger partial charge is 0.306 e. The molecule has 1 spiro atoms. The standard InChI is InChI=1S/C23H32O4S/c1-21-8-4-15(24)12-14(21)13-18(28(3)26)20-16(21)5-9-22(2)17(20)6-10-23(22)11-7-19(25)27-23/h12,16-18,20H,4-11,13H2,1-3H3/t16?,17-,18+,20?,21?,22+,23+,28?/m0/s1. The van der Waals surface area contributed by atoms with Crippen molar-refractivity contribution in [1.29, 1.82) is 0 Å². The van der Waals surface area contributed by atoms with Gasteiger partial charge in [0.25, 0.3) is 0 Å². The first-order valence-corrected chi connectivity index (χ1v) is 12.6. The van der Waals surface area contributed by atoms with Crippen LogP contribution in [0.1, 0.15) is 71.6 Å². The molecule has 0 aromatic heterocycles. The van der Waals surface area contributed by atoms with Crippen molar-refractivity contribution in [3.63, 3.8) is 0 Å². The summed E-state index contributed by atoms with van der Waals surface area (Å²) >= 11 is 0. The lowest BCUT2D eigenvalue weighted by molar-refractivity contribution is -0.167. The summed E-state index contributed by atoms with van der Waals surface area (Å²) in [7, 11) is -0.923. The molecule has 3 saturated carbocycles.